The molecule has 3 aromatic rings. The molecule has 6 heteroatoms. The second-order valence-corrected chi connectivity index (χ2v) is 8.59. The molecule has 0 saturated heterocycles. The van der Waals surface area contributed by atoms with Gasteiger partial charge in [0.1, 0.15) is 0 Å². The highest BCUT2D eigenvalue weighted by molar-refractivity contribution is 6.17. The van der Waals surface area contributed by atoms with Gasteiger partial charge in [0.2, 0.25) is 0 Å². The van der Waals surface area contributed by atoms with Crippen LogP contribution in [-0.4, -0.2) is 37.4 Å². The Morgan fingerprint density at radius 2 is 1.77 bits per heavy atom. The summed E-state index contributed by atoms with van der Waals surface area (Å²) in [5, 5.41) is 7.53. The summed E-state index contributed by atoms with van der Waals surface area (Å²) in [6.07, 6.45) is 0. The summed E-state index contributed by atoms with van der Waals surface area (Å²) < 4.78 is 0. The van der Waals surface area contributed by atoms with Gasteiger partial charge < -0.3 is 15.5 Å². The molecule has 3 aromatic carbocycles. The van der Waals surface area contributed by atoms with E-state index in [0.717, 1.165) is 23.0 Å². The van der Waals surface area contributed by atoms with Crippen molar-refractivity contribution >= 4 is 23.1 Å². The largest absolute Gasteiger partial charge is 0.374 e. The Morgan fingerprint density at radius 3 is 2.46 bits per heavy atom. The fraction of sp³-hybridized carbons (Fsp3) is 0.207. The molecule has 0 aromatic heterocycles. The molecule has 1 heterocycles. The summed E-state index contributed by atoms with van der Waals surface area (Å²) in [7, 11) is 4.08. The number of amides is 2. The van der Waals surface area contributed by atoms with Crippen LogP contribution in [0.3, 0.4) is 0 Å². The van der Waals surface area contributed by atoms with Gasteiger partial charge in [-0.05, 0) is 56.4 Å². The van der Waals surface area contributed by atoms with Crippen LogP contribution in [-0.2, 0) is 16.1 Å². The molecule has 0 radical (unpaired) electrons. The minimum Gasteiger partial charge on any atom is -0.374 e. The molecular weight excluding hydrogens is 436 g/mol. The summed E-state index contributed by atoms with van der Waals surface area (Å²) in [5.74, 6) is 4.80. The zero-order chi connectivity index (χ0) is 24.8. The first kappa shape index (κ1) is 23.9. The first-order valence-electron chi connectivity index (χ1n) is 11.6. The first-order valence-corrected chi connectivity index (χ1v) is 11.6. The van der Waals surface area contributed by atoms with E-state index in [0.29, 0.717) is 23.0 Å². The number of carbonyl (C=O) groups is 2. The van der Waals surface area contributed by atoms with E-state index in [1.165, 1.54) is 5.56 Å². The van der Waals surface area contributed by atoms with E-state index >= 15 is 0 Å². The average Bonchev–Trinajstić information content (AvgIpc) is 3.17. The molecule has 1 unspecified atom stereocenters. The third kappa shape index (κ3) is 5.84. The third-order valence-electron chi connectivity index (χ3n) is 5.58. The van der Waals surface area contributed by atoms with Gasteiger partial charge in [-0.2, -0.15) is 0 Å². The van der Waals surface area contributed by atoms with Crippen LogP contribution in [0.15, 0.2) is 77.8 Å². The molecule has 1 aliphatic heterocycles. The highest BCUT2D eigenvalue weighted by Gasteiger charge is 2.27. The molecular formula is C29H28N4O2. The smallest absolute Gasteiger partial charge is 0.296 e. The maximum absolute atomic E-state index is 13.1. The molecule has 2 amide bonds. The average molecular weight is 465 g/mol. The van der Waals surface area contributed by atoms with Gasteiger partial charge in [-0.25, -0.2) is 4.99 Å². The van der Waals surface area contributed by atoms with E-state index in [2.05, 4.69) is 44.5 Å². The maximum atomic E-state index is 13.1. The SMILES string of the molecule is CCNC(=O)C#Cc1ccc2c(c1)=NC(=O)C=2C(Nc1ccc(CN(C)C)cc1)c1ccccc1. The summed E-state index contributed by atoms with van der Waals surface area (Å²) in [6, 6.07) is 23.2. The number of benzene rings is 3. The van der Waals surface area contributed by atoms with Gasteiger partial charge in [0.05, 0.1) is 17.0 Å². The van der Waals surface area contributed by atoms with Gasteiger partial charge in [0, 0.05) is 35.5 Å². The fourth-order valence-corrected chi connectivity index (χ4v) is 4.03. The van der Waals surface area contributed by atoms with Crippen molar-refractivity contribution in [3.63, 3.8) is 0 Å². The number of anilines is 1. The molecule has 35 heavy (non-hydrogen) atoms. The lowest BCUT2D eigenvalue weighted by Crippen LogP contribution is -2.27. The highest BCUT2D eigenvalue weighted by atomic mass is 16.2. The van der Waals surface area contributed by atoms with E-state index in [9.17, 15) is 9.59 Å². The van der Waals surface area contributed by atoms with Crippen molar-refractivity contribution in [1.29, 1.82) is 0 Å². The number of hydrogen-bond acceptors (Lipinski definition) is 4. The van der Waals surface area contributed by atoms with Crippen molar-refractivity contribution in [3.8, 4) is 11.8 Å². The van der Waals surface area contributed by atoms with Crippen molar-refractivity contribution in [3.05, 3.63) is 100 Å². The Balaban J connectivity index is 1.72. The van der Waals surface area contributed by atoms with Gasteiger partial charge in [-0.15, -0.1) is 0 Å². The zero-order valence-corrected chi connectivity index (χ0v) is 20.1. The quantitative estimate of drug-likeness (QED) is 0.527. The number of rotatable bonds is 7. The predicted molar refractivity (Wildman–Crippen MR) is 138 cm³/mol. The number of nitrogens with one attached hydrogen (secondary N) is 2. The van der Waals surface area contributed by atoms with Crippen LogP contribution in [0.4, 0.5) is 5.69 Å². The Labute approximate surface area is 205 Å². The van der Waals surface area contributed by atoms with E-state index in [1.54, 1.807) is 6.07 Å². The molecule has 0 spiro atoms. The first-order chi connectivity index (χ1) is 16.9. The van der Waals surface area contributed by atoms with Crippen LogP contribution in [0.25, 0.3) is 5.57 Å². The zero-order valence-electron chi connectivity index (χ0n) is 20.1. The summed E-state index contributed by atoms with van der Waals surface area (Å²) in [4.78, 5) is 31.2. The molecule has 6 nitrogen and oxygen atoms in total. The molecule has 2 N–H and O–H groups in total. The Morgan fingerprint density at radius 1 is 1.03 bits per heavy atom. The highest BCUT2D eigenvalue weighted by Crippen LogP contribution is 2.28. The Hall–Kier alpha value is -4.21. The van der Waals surface area contributed by atoms with E-state index in [1.807, 2.05) is 75.6 Å². The van der Waals surface area contributed by atoms with Gasteiger partial charge in [-0.3, -0.25) is 9.59 Å². The fourth-order valence-electron chi connectivity index (χ4n) is 4.03. The summed E-state index contributed by atoms with van der Waals surface area (Å²) >= 11 is 0. The standard InChI is InChI=1S/C29H28N4O2/c1-4-30-26(34)17-13-20-12-16-24-25(18-20)32-29(35)27(24)28(22-8-6-5-7-9-22)31-23-14-10-21(11-15-23)19-33(2)3/h5-12,14-16,18,28,31H,4,19H2,1-3H3,(H,30,34). The van der Waals surface area contributed by atoms with Crippen molar-refractivity contribution in [2.45, 2.75) is 19.5 Å². The minimum absolute atomic E-state index is 0.278. The van der Waals surface area contributed by atoms with Crippen LogP contribution in [0.5, 0.6) is 0 Å². The van der Waals surface area contributed by atoms with Crippen LogP contribution in [0.1, 0.15) is 29.7 Å². The summed E-state index contributed by atoms with van der Waals surface area (Å²) in [5.41, 5.74) is 4.32. The second-order valence-electron chi connectivity index (χ2n) is 8.59. The van der Waals surface area contributed by atoms with Crippen molar-refractivity contribution in [2.75, 3.05) is 26.0 Å². The molecule has 0 fully saturated rings. The molecule has 0 saturated carbocycles. The third-order valence-corrected chi connectivity index (χ3v) is 5.58. The monoisotopic (exact) mass is 464 g/mol. The van der Waals surface area contributed by atoms with Crippen molar-refractivity contribution in [1.82, 2.24) is 10.2 Å². The summed E-state index contributed by atoms with van der Waals surface area (Å²) in [6.45, 7) is 3.22. The molecule has 1 aliphatic rings. The lowest BCUT2D eigenvalue weighted by molar-refractivity contribution is -0.115. The van der Waals surface area contributed by atoms with Gasteiger partial charge in [0.15, 0.2) is 0 Å². The molecule has 0 bridgehead atoms. The van der Waals surface area contributed by atoms with Crippen molar-refractivity contribution < 1.29 is 9.59 Å². The van der Waals surface area contributed by atoms with Gasteiger partial charge in [0.25, 0.3) is 11.8 Å². The second kappa shape index (κ2) is 10.8. The topological polar surface area (TPSA) is 73.8 Å². The normalized spacial score (nSPS) is 12.9. The van der Waals surface area contributed by atoms with Crippen molar-refractivity contribution in [2.24, 2.45) is 4.99 Å². The molecule has 176 valence electrons. The molecule has 4 rings (SSSR count). The van der Waals surface area contributed by atoms with Crippen LogP contribution >= 0.6 is 0 Å². The van der Waals surface area contributed by atoms with E-state index in [4.69, 9.17) is 0 Å². The lowest BCUT2D eigenvalue weighted by atomic mass is 9.96. The minimum atomic E-state index is -0.374. The van der Waals surface area contributed by atoms with Crippen LogP contribution < -0.4 is 21.2 Å². The Bertz CT molecular complexity index is 1420. The number of fused-ring (bicyclic) bond motifs is 1. The molecule has 1 atom stereocenters. The predicted octanol–water partition coefficient (Wildman–Crippen LogP) is 2.40. The van der Waals surface area contributed by atoms with Gasteiger partial charge >= 0.3 is 0 Å². The van der Waals surface area contributed by atoms with E-state index in [-0.39, 0.29) is 17.9 Å². The van der Waals surface area contributed by atoms with Crippen LogP contribution in [0.2, 0.25) is 0 Å². The molecule has 0 aliphatic carbocycles. The van der Waals surface area contributed by atoms with Crippen LogP contribution in [0, 0.1) is 11.8 Å². The Kier molecular flexibility index (Phi) is 7.39. The van der Waals surface area contributed by atoms with Gasteiger partial charge in [-0.1, -0.05) is 54.5 Å². The van der Waals surface area contributed by atoms with E-state index < -0.39 is 0 Å². The lowest BCUT2D eigenvalue weighted by Gasteiger charge is -2.21. The maximum Gasteiger partial charge on any atom is 0.296 e. The number of hydrogen-bond donors (Lipinski definition) is 2. The number of nitrogens with zero attached hydrogens (tertiary/aromatic N) is 2. The number of carbonyl (C=O) groups excluding carboxylic acids is 2.